The lowest BCUT2D eigenvalue weighted by atomic mass is 10.1. The van der Waals surface area contributed by atoms with Gasteiger partial charge in [0.15, 0.2) is 0 Å². The largest absolute Gasteiger partial charge is 0.309 e. The molecular weight excluding hydrogens is 366 g/mol. The average Bonchev–Trinajstić information content (AvgIpc) is 3.39. The number of hydrazine groups is 1. The molecule has 8 nitrogen and oxygen atoms in total. The van der Waals surface area contributed by atoms with Gasteiger partial charge in [0.25, 0.3) is 0 Å². The number of aromatic nitrogens is 5. The number of carbonyl (C=O) groups excluding carboxylic acids is 1. The molecule has 2 N–H and O–H groups in total. The number of aromatic amines is 1. The summed E-state index contributed by atoms with van der Waals surface area (Å²) >= 11 is 0. The van der Waals surface area contributed by atoms with Crippen molar-refractivity contribution in [2.45, 2.75) is 12.8 Å². The van der Waals surface area contributed by atoms with E-state index in [1.165, 1.54) is 5.56 Å². The van der Waals surface area contributed by atoms with Crippen molar-refractivity contribution in [2.75, 3.05) is 11.6 Å². The third-order valence-electron chi connectivity index (χ3n) is 4.90. The molecule has 0 saturated carbocycles. The van der Waals surface area contributed by atoms with Crippen LogP contribution in [0.2, 0.25) is 0 Å². The van der Waals surface area contributed by atoms with Crippen molar-refractivity contribution in [1.29, 1.82) is 0 Å². The molecule has 0 saturated heterocycles. The van der Waals surface area contributed by atoms with E-state index in [2.05, 4.69) is 37.7 Å². The van der Waals surface area contributed by atoms with Crippen LogP contribution in [-0.4, -0.2) is 37.2 Å². The number of H-pyrrole nitrogens is 1. The fourth-order valence-corrected chi connectivity index (χ4v) is 3.52. The summed E-state index contributed by atoms with van der Waals surface area (Å²) < 4.78 is 1.97. The zero-order valence-corrected chi connectivity index (χ0v) is 15.6. The first-order valence-corrected chi connectivity index (χ1v) is 9.43. The Morgan fingerprint density at radius 2 is 1.93 bits per heavy atom. The third-order valence-corrected chi connectivity index (χ3v) is 4.90. The molecule has 29 heavy (non-hydrogen) atoms. The van der Waals surface area contributed by atoms with Crippen molar-refractivity contribution in [3.63, 3.8) is 0 Å². The molecule has 0 atom stereocenters. The highest BCUT2D eigenvalue weighted by Crippen LogP contribution is 2.25. The van der Waals surface area contributed by atoms with Crippen LogP contribution in [0.15, 0.2) is 67.0 Å². The molecule has 2 aromatic carbocycles. The Hall–Kier alpha value is -3.94. The molecule has 3 heterocycles. The molecule has 1 amide bonds. The second-order valence-electron chi connectivity index (χ2n) is 6.84. The van der Waals surface area contributed by atoms with Crippen molar-refractivity contribution in [3.8, 4) is 5.69 Å². The first-order chi connectivity index (χ1) is 14.3. The predicted octanol–water partition coefficient (Wildman–Crippen LogP) is 2.29. The molecule has 0 spiro atoms. The molecule has 8 heteroatoms. The number of anilines is 1. The lowest BCUT2D eigenvalue weighted by Crippen LogP contribution is -2.44. The highest BCUT2D eigenvalue weighted by Gasteiger charge is 2.23. The van der Waals surface area contributed by atoms with Gasteiger partial charge in [-0.2, -0.15) is 0 Å². The van der Waals surface area contributed by atoms with Crippen molar-refractivity contribution in [1.82, 2.24) is 30.2 Å². The maximum absolute atomic E-state index is 12.8. The molecule has 0 bridgehead atoms. The number of imidazole rings is 1. The summed E-state index contributed by atoms with van der Waals surface area (Å²) in [4.78, 5) is 21.5. The summed E-state index contributed by atoms with van der Waals surface area (Å²) in [5, 5.41) is 8.68. The Labute approximate surface area is 167 Å². The summed E-state index contributed by atoms with van der Waals surface area (Å²) in [7, 11) is 0. The maximum Gasteiger partial charge on any atom is 0.309 e. The monoisotopic (exact) mass is 385 g/mol. The normalized spacial score (nSPS) is 12.8. The Morgan fingerprint density at radius 1 is 1.10 bits per heavy atom. The van der Waals surface area contributed by atoms with Crippen LogP contribution in [0.1, 0.15) is 27.6 Å². The topological polar surface area (TPSA) is 91.7 Å². The first kappa shape index (κ1) is 17.2. The first-order valence-electron chi connectivity index (χ1n) is 9.43. The summed E-state index contributed by atoms with van der Waals surface area (Å²) in [6, 6.07) is 18.1. The molecule has 0 radical (unpaired) electrons. The molecule has 2 aromatic heterocycles. The van der Waals surface area contributed by atoms with Gasteiger partial charge >= 0.3 is 5.91 Å². The van der Waals surface area contributed by atoms with Gasteiger partial charge in [-0.05, 0) is 23.6 Å². The van der Waals surface area contributed by atoms with E-state index in [1.807, 2.05) is 53.2 Å². The molecule has 144 valence electrons. The van der Waals surface area contributed by atoms with Crippen LogP contribution in [-0.2, 0) is 12.8 Å². The Morgan fingerprint density at radius 3 is 2.83 bits per heavy atom. The quantitative estimate of drug-likeness (QED) is 0.562. The minimum Gasteiger partial charge on any atom is -0.284 e. The number of rotatable bonds is 4. The Balaban J connectivity index is 1.34. The lowest BCUT2D eigenvalue weighted by molar-refractivity contribution is 0.0938. The van der Waals surface area contributed by atoms with Crippen LogP contribution in [0, 0.1) is 0 Å². The van der Waals surface area contributed by atoms with E-state index in [0.717, 1.165) is 17.7 Å². The van der Waals surface area contributed by atoms with Gasteiger partial charge in [0.2, 0.25) is 11.8 Å². The van der Waals surface area contributed by atoms with E-state index in [1.54, 1.807) is 11.2 Å². The van der Waals surface area contributed by atoms with E-state index in [4.69, 9.17) is 0 Å². The fraction of sp³-hybridized carbons (Fsp3) is 0.143. The predicted molar refractivity (Wildman–Crippen MR) is 108 cm³/mol. The van der Waals surface area contributed by atoms with Crippen LogP contribution in [0.3, 0.4) is 0 Å². The standard InChI is InChI=1S/C21H19N7O/c29-20(19-23-18(24-25-19)14-15-6-2-1-3-7-15)26-28-12-10-16-8-4-5-9-17(16)27-13-11-22-21(27)28/h1-9,11,13H,10,12,14H2,(H,26,29)(H,23,24,25). The zero-order chi connectivity index (χ0) is 19.6. The highest BCUT2D eigenvalue weighted by molar-refractivity contribution is 5.91. The second-order valence-corrected chi connectivity index (χ2v) is 6.84. The number of benzene rings is 2. The van der Waals surface area contributed by atoms with Gasteiger partial charge in [0.1, 0.15) is 5.82 Å². The number of nitrogens with zero attached hydrogens (tertiary/aromatic N) is 5. The number of carbonyl (C=O) groups is 1. The van der Waals surface area contributed by atoms with Crippen molar-refractivity contribution >= 4 is 11.9 Å². The SMILES string of the molecule is O=C(NN1CCc2ccccc2-n2ccnc21)c1n[nH]c(Cc2ccccc2)n1. The molecule has 0 fully saturated rings. The molecule has 5 rings (SSSR count). The Bertz CT molecular complexity index is 1150. The van der Waals surface area contributed by atoms with Crippen LogP contribution < -0.4 is 10.4 Å². The minimum absolute atomic E-state index is 0.107. The van der Waals surface area contributed by atoms with Crippen molar-refractivity contribution in [3.05, 3.63) is 89.8 Å². The smallest absolute Gasteiger partial charge is 0.284 e. The summed E-state index contributed by atoms with van der Waals surface area (Å²) in [6.07, 6.45) is 4.99. The van der Waals surface area contributed by atoms with Crippen LogP contribution in [0.4, 0.5) is 5.95 Å². The number of fused-ring (bicyclic) bond motifs is 3. The van der Waals surface area contributed by atoms with Crippen molar-refractivity contribution < 1.29 is 4.79 Å². The second kappa shape index (κ2) is 7.23. The van der Waals surface area contributed by atoms with Gasteiger partial charge in [0.05, 0.1) is 5.69 Å². The average molecular weight is 385 g/mol. The van der Waals surface area contributed by atoms with Gasteiger partial charge in [0, 0.05) is 25.4 Å². The molecule has 1 aliphatic heterocycles. The number of para-hydroxylation sites is 1. The van der Waals surface area contributed by atoms with Crippen LogP contribution in [0.5, 0.6) is 0 Å². The maximum atomic E-state index is 12.8. The number of hydrogen-bond donors (Lipinski definition) is 2. The van der Waals surface area contributed by atoms with E-state index < -0.39 is 0 Å². The Kier molecular flexibility index (Phi) is 4.28. The third kappa shape index (κ3) is 3.36. The zero-order valence-electron chi connectivity index (χ0n) is 15.6. The number of nitrogens with one attached hydrogen (secondary N) is 2. The van der Waals surface area contributed by atoms with Gasteiger partial charge in [-0.3, -0.25) is 24.9 Å². The van der Waals surface area contributed by atoms with Crippen LogP contribution >= 0.6 is 0 Å². The van der Waals surface area contributed by atoms with E-state index >= 15 is 0 Å². The molecule has 0 aliphatic carbocycles. The van der Waals surface area contributed by atoms with E-state index in [9.17, 15) is 4.79 Å². The summed E-state index contributed by atoms with van der Waals surface area (Å²) in [6.45, 7) is 0.598. The van der Waals surface area contributed by atoms with Gasteiger partial charge in [-0.25, -0.2) is 9.97 Å². The number of amides is 1. The number of hydrogen-bond acceptors (Lipinski definition) is 5. The van der Waals surface area contributed by atoms with Crippen LogP contribution in [0.25, 0.3) is 5.69 Å². The summed E-state index contributed by atoms with van der Waals surface area (Å²) in [5.74, 6) is 1.03. The molecule has 4 aromatic rings. The molecule has 1 aliphatic rings. The van der Waals surface area contributed by atoms with E-state index in [0.29, 0.717) is 24.7 Å². The molecule has 0 unspecified atom stereocenters. The van der Waals surface area contributed by atoms with Gasteiger partial charge in [-0.15, -0.1) is 5.10 Å². The van der Waals surface area contributed by atoms with Crippen molar-refractivity contribution in [2.24, 2.45) is 0 Å². The molecular formula is C21H19N7O. The lowest BCUT2D eigenvalue weighted by Gasteiger charge is -2.21. The van der Waals surface area contributed by atoms with Gasteiger partial charge < -0.3 is 0 Å². The summed E-state index contributed by atoms with van der Waals surface area (Å²) in [5.41, 5.74) is 6.27. The fourth-order valence-electron chi connectivity index (χ4n) is 3.52. The highest BCUT2D eigenvalue weighted by atomic mass is 16.2. The minimum atomic E-state index is -0.374. The van der Waals surface area contributed by atoms with E-state index in [-0.39, 0.29) is 11.7 Å². The van der Waals surface area contributed by atoms with Gasteiger partial charge in [-0.1, -0.05) is 48.5 Å².